The van der Waals surface area contributed by atoms with E-state index in [0.717, 1.165) is 109 Å². The number of aliphatic hydroxyl groups is 1. The molecule has 0 saturated carbocycles. The van der Waals surface area contributed by atoms with Crippen molar-refractivity contribution in [1.29, 1.82) is 0 Å². The number of unbranched alkanes of at least 4 members (excludes halogenated alkanes) is 34. The lowest BCUT2D eigenvalue weighted by atomic mass is 10.0. The number of aliphatic hydroxyl groups excluding tert-OH is 1. The third kappa shape index (κ3) is 56.9. The molecule has 17 nitrogen and oxygen atoms in total. The molecule has 0 aliphatic carbocycles. The highest BCUT2D eigenvalue weighted by atomic mass is 31.2. The van der Waals surface area contributed by atoms with Crippen LogP contribution in [0.3, 0.4) is 0 Å². The molecule has 19 heteroatoms. The van der Waals surface area contributed by atoms with Crippen LogP contribution in [0.1, 0.15) is 311 Å². The first-order valence-corrected chi connectivity index (χ1v) is 35.6. The molecule has 0 saturated heterocycles. The van der Waals surface area contributed by atoms with E-state index < -0.39 is 97.5 Å². The molecule has 0 amide bonds. The highest BCUT2D eigenvalue weighted by Gasteiger charge is 2.30. The highest BCUT2D eigenvalue weighted by molar-refractivity contribution is 7.47. The SMILES string of the molecule is CCCCCCCCCCCCCCC(=O)OC[C@H](COP(=O)(O)OC[C@@H](O)COP(=O)(O)OC[C@@H](COC(=O)CCCCCCC)OC(=O)CCCCCCCCCC)OC(=O)CCCCCCCCCCCCCCCC(C)C. The number of carbonyl (C=O) groups is 4. The van der Waals surface area contributed by atoms with Gasteiger partial charge in [-0.15, -0.1) is 0 Å². The molecule has 3 N–H and O–H groups in total. The summed E-state index contributed by atoms with van der Waals surface area (Å²) >= 11 is 0. The van der Waals surface area contributed by atoms with Crippen molar-refractivity contribution in [3.05, 3.63) is 0 Å². The topological polar surface area (TPSA) is 237 Å². The average Bonchev–Trinajstić information content (AvgIpc) is 3.43. The van der Waals surface area contributed by atoms with E-state index >= 15 is 0 Å². The molecule has 0 bridgehead atoms. The Kier molecular flexibility index (Phi) is 54.6. The second-order valence-corrected chi connectivity index (χ2v) is 25.8. The fourth-order valence-corrected chi connectivity index (χ4v) is 10.8. The van der Waals surface area contributed by atoms with E-state index in [1.54, 1.807) is 0 Å². The van der Waals surface area contributed by atoms with Crippen molar-refractivity contribution in [2.24, 2.45) is 5.92 Å². The monoisotopic (exact) mass is 1200 g/mol. The summed E-state index contributed by atoms with van der Waals surface area (Å²) in [7, 11) is -9.87. The van der Waals surface area contributed by atoms with E-state index in [2.05, 4.69) is 34.6 Å². The maximum Gasteiger partial charge on any atom is 0.472 e. The lowest BCUT2D eigenvalue weighted by Crippen LogP contribution is -2.30. The number of phosphoric acid groups is 2. The number of hydrogen-bond acceptors (Lipinski definition) is 15. The van der Waals surface area contributed by atoms with Gasteiger partial charge in [0, 0.05) is 25.7 Å². The molecule has 480 valence electrons. The van der Waals surface area contributed by atoms with Crippen molar-refractivity contribution < 1.29 is 80.2 Å². The molecule has 81 heavy (non-hydrogen) atoms. The number of carbonyl (C=O) groups excluding carboxylic acids is 4. The molecule has 0 aliphatic heterocycles. The minimum absolute atomic E-state index is 0.104. The van der Waals surface area contributed by atoms with Crippen molar-refractivity contribution >= 4 is 39.5 Å². The second kappa shape index (κ2) is 55.9. The van der Waals surface area contributed by atoms with Gasteiger partial charge in [0.25, 0.3) is 0 Å². The fraction of sp³-hybridized carbons (Fsp3) is 0.935. The summed E-state index contributed by atoms with van der Waals surface area (Å²) in [5.74, 6) is -1.36. The van der Waals surface area contributed by atoms with Gasteiger partial charge in [-0.3, -0.25) is 37.3 Å². The summed E-state index contributed by atoms with van der Waals surface area (Å²) in [5, 5.41) is 10.5. The molecule has 0 heterocycles. The zero-order valence-corrected chi connectivity index (χ0v) is 53.7. The largest absolute Gasteiger partial charge is 0.472 e. The number of phosphoric ester groups is 2. The van der Waals surface area contributed by atoms with Crippen LogP contribution in [0, 0.1) is 5.92 Å². The molecule has 0 aromatic heterocycles. The van der Waals surface area contributed by atoms with E-state index in [1.165, 1.54) is 122 Å². The molecule has 0 aromatic carbocycles. The van der Waals surface area contributed by atoms with E-state index in [-0.39, 0.29) is 25.7 Å². The highest BCUT2D eigenvalue weighted by Crippen LogP contribution is 2.45. The second-order valence-electron chi connectivity index (χ2n) is 22.9. The van der Waals surface area contributed by atoms with Crippen LogP contribution in [-0.2, 0) is 65.4 Å². The van der Waals surface area contributed by atoms with Crippen LogP contribution < -0.4 is 0 Å². The van der Waals surface area contributed by atoms with Gasteiger partial charge >= 0.3 is 39.5 Å². The minimum atomic E-state index is -4.94. The van der Waals surface area contributed by atoms with Gasteiger partial charge in [-0.05, 0) is 31.6 Å². The van der Waals surface area contributed by atoms with Crippen molar-refractivity contribution in [3.8, 4) is 0 Å². The number of esters is 4. The molecule has 0 aliphatic rings. The van der Waals surface area contributed by atoms with Gasteiger partial charge < -0.3 is 33.8 Å². The van der Waals surface area contributed by atoms with Crippen molar-refractivity contribution in [2.75, 3.05) is 39.6 Å². The molecule has 0 spiro atoms. The minimum Gasteiger partial charge on any atom is -0.462 e. The van der Waals surface area contributed by atoms with Gasteiger partial charge in [0.15, 0.2) is 12.2 Å². The molecule has 5 atom stereocenters. The molecular weight excluding hydrogens is 1080 g/mol. The van der Waals surface area contributed by atoms with Crippen LogP contribution >= 0.6 is 15.6 Å². The summed E-state index contributed by atoms with van der Waals surface area (Å²) in [6.45, 7) is 7.08. The first-order valence-electron chi connectivity index (χ1n) is 32.6. The third-order valence-electron chi connectivity index (χ3n) is 14.3. The summed E-state index contributed by atoms with van der Waals surface area (Å²) in [6, 6.07) is 0. The van der Waals surface area contributed by atoms with Crippen LogP contribution in [0.5, 0.6) is 0 Å². The normalized spacial score (nSPS) is 14.3. The van der Waals surface area contributed by atoms with E-state index in [4.69, 9.17) is 37.0 Å². The zero-order valence-electron chi connectivity index (χ0n) is 51.9. The van der Waals surface area contributed by atoms with Gasteiger partial charge in [0.2, 0.25) is 0 Å². The van der Waals surface area contributed by atoms with Gasteiger partial charge in [-0.2, -0.15) is 0 Å². The Morgan fingerprint density at radius 3 is 0.840 bits per heavy atom. The first kappa shape index (κ1) is 79.1. The molecule has 0 fully saturated rings. The van der Waals surface area contributed by atoms with E-state index in [0.29, 0.717) is 25.7 Å². The van der Waals surface area contributed by atoms with Gasteiger partial charge in [-0.1, -0.05) is 259 Å². The molecular formula is C62H120O17P2. The molecule has 0 radical (unpaired) electrons. The van der Waals surface area contributed by atoms with Crippen molar-refractivity contribution in [3.63, 3.8) is 0 Å². The number of ether oxygens (including phenoxy) is 4. The summed E-state index contributed by atoms with van der Waals surface area (Å²) in [4.78, 5) is 71.8. The van der Waals surface area contributed by atoms with Crippen molar-refractivity contribution in [1.82, 2.24) is 0 Å². The number of hydrogen-bond donors (Lipinski definition) is 3. The number of rotatable bonds is 62. The van der Waals surface area contributed by atoms with Crippen LogP contribution in [0.2, 0.25) is 0 Å². The van der Waals surface area contributed by atoms with Crippen LogP contribution in [0.15, 0.2) is 0 Å². The van der Waals surface area contributed by atoms with Crippen LogP contribution in [0.25, 0.3) is 0 Å². The molecule has 2 unspecified atom stereocenters. The maximum atomic E-state index is 13.0. The van der Waals surface area contributed by atoms with Gasteiger partial charge in [-0.25, -0.2) is 9.13 Å². The lowest BCUT2D eigenvalue weighted by Gasteiger charge is -2.21. The smallest absolute Gasteiger partial charge is 0.462 e. The molecule has 0 rings (SSSR count). The van der Waals surface area contributed by atoms with Crippen LogP contribution in [-0.4, -0.2) is 96.7 Å². The third-order valence-corrected chi connectivity index (χ3v) is 16.2. The Hall–Kier alpha value is -1.94. The first-order chi connectivity index (χ1) is 39.0. The van der Waals surface area contributed by atoms with E-state index in [9.17, 15) is 43.2 Å². The lowest BCUT2D eigenvalue weighted by molar-refractivity contribution is -0.161. The Bertz CT molecular complexity index is 1580. The van der Waals surface area contributed by atoms with Crippen LogP contribution in [0.4, 0.5) is 0 Å². The van der Waals surface area contributed by atoms with Gasteiger partial charge in [0.05, 0.1) is 26.4 Å². The standard InChI is InChI=1S/C62H120O17P2/c1-6-9-12-15-17-19-20-25-28-32-36-41-46-60(65)73-52-58(79-62(67)48-43-38-33-29-26-23-21-22-24-27-30-35-39-44-55(4)5)54-77-81(70,71)75-50-56(63)49-74-80(68,69)76-53-57(51-72-59(64)45-40-34-14-11-8-3)78-61(66)47-42-37-31-18-16-13-10-7-2/h55-58,63H,6-54H2,1-5H3,(H,68,69)(H,70,71)/t56-,57+,58+/m0/s1. The van der Waals surface area contributed by atoms with Gasteiger partial charge in [0.1, 0.15) is 19.3 Å². The summed E-state index contributed by atoms with van der Waals surface area (Å²) in [6.07, 6.45) is 39.3. The Morgan fingerprint density at radius 1 is 0.333 bits per heavy atom. The van der Waals surface area contributed by atoms with E-state index in [1.807, 2.05) is 0 Å². The quantitative estimate of drug-likeness (QED) is 0.0222. The summed E-state index contributed by atoms with van der Waals surface area (Å²) < 4.78 is 67.7. The molecule has 0 aromatic rings. The maximum absolute atomic E-state index is 13.0. The Labute approximate surface area is 492 Å². The Morgan fingerprint density at radius 2 is 0.568 bits per heavy atom. The summed E-state index contributed by atoms with van der Waals surface area (Å²) in [5.41, 5.74) is 0. The fourth-order valence-electron chi connectivity index (χ4n) is 9.23. The average molecular weight is 1200 g/mol. The predicted octanol–water partition coefficient (Wildman–Crippen LogP) is 17.0. The predicted molar refractivity (Wildman–Crippen MR) is 322 cm³/mol. The Balaban J connectivity index is 5.15. The van der Waals surface area contributed by atoms with Crippen molar-refractivity contribution in [2.45, 2.75) is 329 Å². The zero-order chi connectivity index (χ0) is 59.9.